The van der Waals surface area contributed by atoms with Crippen LogP contribution >= 0.6 is 0 Å². The van der Waals surface area contributed by atoms with Gasteiger partial charge in [0.2, 0.25) is 5.91 Å². The minimum atomic E-state index is 0.201. The van der Waals surface area contributed by atoms with Gasteiger partial charge in [-0.3, -0.25) is 4.79 Å². The van der Waals surface area contributed by atoms with Crippen molar-refractivity contribution in [2.45, 2.75) is 60.3 Å². The Morgan fingerprint density at radius 2 is 1.78 bits per heavy atom. The average molecular weight is 251 g/mol. The largest absolute Gasteiger partial charge is 0.342 e. The summed E-state index contributed by atoms with van der Waals surface area (Å²) in [5, 5.41) is 0. The second-order valence-electron chi connectivity index (χ2n) is 8.10. The molecule has 1 aliphatic carbocycles. The monoisotopic (exact) mass is 251 g/mol. The van der Waals surface area contributed by atoms with Crippen LogP contribution in [0.15, 0.2) is 0 Å². The highest BCUT2D eigenvalue weighted by Gasteiger charge is 2.53. The van der Waals surface area contributed by atoms with Crippen molar-refractivity contribution in [3.8, 4) is 0 Å². The third-order valence-corrected chi connectivity index (χ3v) is 5.05. The Hall–Kier alpha value is -0.530. The fourth-order valence-electron chi connectivity index (χ4n) is 3.68. The van der Waals surface area contributed by atoms with E-state index < -0.39 is 0 Å². The van der Waals surface area contributed by atoms with E-state index >= 15 is 0 Å². The van der Waals surface area contributed by atoms with Gasteiger partial charge in [0.25, 0.3) is 0 Å². The molecule has 2 nitrogen and oxygen atoms in total. The Kier molecular flexibility index (Phi) is 3.50. The summed E-state index contributed by atoms with van der Waals surface area (Å²) in [6.45, 7) is 13.5. The summed E-state index contributed by atoms with van der Waals surface area (Å²) in [5.41, 5.74) is 0.580. The van der Waals surface area contributed by atoms with E-state index in [-0.39, 0.29) is 11.3 Å². The van der Waals surface area contributed by atoms with Crippen molar-refractivity contribution in [2.24, 2.45) is 22.7 Å². The van der Waals surface area contributed by atoms with Crippen LogP contribution in [0.1, 0.15) is 60.3 Å². The highest BCUT2D eigenvalue weighted by molar-refractivity contribution is 5.81. The molecule has 1 saturated heterocycles. The summed E-state index contributed by atoms with van der Waals surface area (Å²) in [4.78, 5) is 14.6. The van der Waals surface area contributed by atoms with Crippen molar-refractivity contribution in [1.82, 2.24) is 4.90 Å². The molecule has 104 valence electrons. The summed E-state index contributed by atoms with van der Waals surface area (Å²) in [6.07, 6.45) is 4.75. The first-order valence-corrected chi connectivity index (χ1v) is 7.50. The van der Waals surface area contributed by atoms with Crippen molar-refractivity contribution >= 4 is 5.91 Å². The summed E-state index contributed by atoms with van der Waals surface area (Å²) >= 11 is 0. The molecule has 2 aliphatic rings. The molecular formula is C16H29NO. The number of rotatable bonds is 2. The summed E-state index contributed by atoms with van der Waals surface area (Å²) in [5.74, 6) is 1.43. The van der Waals surface area contributed by atoms with E-state index in [2.05, 4.69) is 39.5 Å². The van der Waals surface area contributed by atoms with Gasteiger partial charge < -0.3 is 4.90 Å². The maximum Gasteiger partial charge on any atom is 0.226 e. The van der Waals surface area contributed by atoms with E-state index in [1.807, 2.05) is 0 Å². The number of hydrogen-bond acceptors (Lipinski definition) is 1. The van der Waals surface area contributed by atoms with Gasteiger partial charge in [0.1, 0.15) is 0 Å². The number of nitrogens with zero attached hydrogens (tertiary/aromatic N) is 1. The molecule has 1 saturated carbocycles. The lowest BCUT2D eigenvalue weighted by Gasteiger charge is -2.54. The molecule has 2 atom stereocenters. The van der Waals surface area contributed by atoms with E-state index in [4.69, 9.17) is 0 Å². The summed E-state index contributed by atoms with van der Waals surface area (Å²) in [7, 11) is 0. The molecular weight excluding hydrogens is 222 g/mol. The normalized spacial score (nSPS) is 31.3. The number of amides is 1. The quantitative estimate of drug-likeness (QED) is 0.732. The topological polar surface area (TPSA) is 20.3 Å². The van der Waals surface area contributed by atoms with Crippen LogP contribution in [0.2, 0.25) is 0 Å². The van der Waals surface area contributed by atoms with Gasteiger partial charge in [0.15, 0.2) is 0 Å². The van der Waals surface area contributed by atoms with Crippen LogP contribution < -0.4 is 0 Å². The van der Waals surface area contributed by atoms with E-state index in [0.29, 0.717) is 17.2 Å². The van der Waals surface area contributed by atoms with Crippen molar-refractivity contribution in [2.75, 3.05) is 13.1 Å². The third kappa shape index (κ3) is 2.57. The van der Waals surface area contributed by atoms with Crippen molar-refractivity contribution in [1.29, 1.82) is 0 Å². The number of likely N-dealkylation sites (tertiary alicyclic amines) is 1. The highest BCUT2D eigenvalue weighted by Crippen LogP contribution is 2.55. The molecule has 2 heteroatoms. The second-order valence-corrected chi connectivity index (χ2v) is 8.10. The predicted octanol–water partition coefficient (Wildman–Crippen LogP) is 3.71. The maximum absolute atomic E-state index is 12.5. The SMILES string of the molecule is CC(C)(C)CC1C[C@H](C(=O)N2CCCC2)C1(C)C. The Morgan fingerprint density at radius 1 is 1.22 bits per heavy atom. The van der Waals surface area contributed by atoms with Crippen LogP contribution in [-0.4, -0.2) is 23.9 Å². The fourth-order valence-corrected chi connectivity index (χ4v) is 3.68. The first-order valence-electron chi connectivity index (χ1n) is 7.50. The number of carbonyl (C=O) groups is 1. The van der Waals surface area contributed by atoms with Gasteiger partial charge in [0, 0.05) is 19.0 Å². The van der Waals surface area contributed by atoms with Gasteiger partial charge in [-0.15, -0.1) is 0 Å². The zero-order valence-electron chi connectivity index (χ0n) is 12.8. The zero-order chi connectivity index (χ0) is 13.6. The van der Waals surface area contributed by atoms with Crippen molar-refractivity contribution in [3.63, 3.8) is 0 Å². The van der Waals surface area contributed by atoms with Crippen LogP contribution in [0.3, 0.4) is 0 Å². The molecule has 2 fully saturated rings. The van der Waals surface area contributed by atoms with Gasteiger partial charge in [-0.1, -0.05) is 34.6 Å². The van der Waals surface area contributed by atoms with Crippen LogP contribution in [0.5, 0.6) is 0 Å². The lowest BCUT2D eigenvalue weighted by Crippen LogP contribution is -2.53. The first kappa shape index (κ1) is 13.9. The van der Waals surface area contributed by atoms with Crippen LogP contribution in [0.4, 0.5) is 0 Å². The zero-order valence-corrected chi connectivity index (χ0v) is 12.8. The molecule has 0 spiro atoms. The fraction of sp³-hybridized carbons (Fsp3) is 0.938. The van der Waals surface area contributed by atoms with E-state index in [1.54, 1.807) is 0 Å². The molecule has 1 unspecified atom stereocenters. The average Bonchev–Trinajstić information content (AvgIpc) is 2.74. The Bertz CT molecular complexity index is 320. The van der Waals surface area contributed by atoms with Gasteiger partial charge in [-0.2, -0.15) is 0 Å². The molecule has 1 aliphatic heterocycles. The van der Waals surface area contributed by atoms with Crippen LogP contribution in [0, 0.1) is 22.7 Å². The highest BCUT2D eigenvalue weighted by atomic mass is 16.2. The van der Waals surface area contributed by atoms with Crippen LogP contribution in [0.25, 0.3) is 0 Å². The molecule has 1 amide bonds. The predicted molar refractivity (Wildman–Crippen MR) is 75.3 cm³/mol. The lowest BCUT2D eigenvalue weighted by atomic mass is 9.51. The van der Waals surface area contributed by atoms with Crippen LogP contribution in [-0.2, 0) is 4.79 Å². The number of hydrogen-bond donors (Lipinski definition) is 0. The maximum atomic E-state index is 12.5. The number of carbonyl (C=O) groups excluding carboxylic acids is 1. The van der Waals surface area contributed by atoms with E-state index in [1.165, 1.54) is 19.3 Å². The van der Waals surface area contributed by atoms with Crippen molar-refractivity contribution in [3.05, 3.63) is 0 Å². The molecule has 2 rings (SSSR count). The summed E-state index contributed by atoms with van der Waals surface area (Å²) in [6, 6.07) is 0. The van der Waals surface area contributed by atoms with Gasteiger partial charge in [0.05, 0.1) is 0 Å². The Balaban J connectivity index is 1.95. The van der Waals surface area contributed by atoms with E-state index in [9.17, 15) is 4.79 Å². The molecule has 0 aromatic rings. The smallest absolute Gasteiger partial charge is 0.226 e. The summed E-state index contributed by atoms with van der Waals surface area (Å²) < 4.78 is 0. The first-order chi connectivity index (χ1) is 8.22. The molecule has 0 bridgehead atoms. The van der Waals surface area contributed by atoms with Gasteiger partial charge in [-0.25, -0.2) is 0 Å². The van der Waals surface area contributed by atoms with Gasteiger partial charge in [-0.05, 0) is 42.4 Å². The molecule has 0 aromatic heterocycles. The lowest BCUT2D eigenvalue weighted by molar-refractivity contribution is -0.152. The molecule has 18 heavy (non-hydrogen) atoms. The van der Waals surface area contributed by atoms with E-state index in [0.717, 1.165) is 19.5 Å². The van der Waals surface area contributed by atoms with Crippen molar-refractivity contribution < 1.29 is 4.79 Å². The third-order valence-electron chi connectivity index (χ3n) is 5.05. The molecule has 0 aromatic carbocycles. The Labute approximate surface area is 112 Å². The minimum Gasteiger partial charge on any atom is -0.342 e. The minimum absolute atomic E-state index is 0.201. The molecule has 0 N–H and O–H groups in total. The second kappa shape index (κ2) is 4.54. The standard InChI is InChI=1S/C16H29NO/c1-15(2,3)11-12-10-13(16(12,4)5)14(18)17-8-6-7-9-17/h12-13H,6-11H2,1-5H3/t12?,13-/m1/s1. The molecule has 0 radical (unpaired) electrons. The Morgan fingerprint density at radius 3 is 2.22 bits per heavy atom. The molecule has 1 heterocycles. The van der Waals surface area contributed by atoms with Gasteiger partial charge >= 0.3 is 0 Å².